The van der Waals surface area contributed by atoms with Crippen molar-refractivity contribution >= 4 is 11.0 Å². The number of benzene rings is 2. The number of nitrogens with two attached hydrogens (primary N) is 1. The van der Waals surface area contributed by atoms with Crippen LogP contribution in [-0.4, -0.2) is 9.97 Å². The number of hydrogen-bond donors (Lipinski definition) is 3. The van der Waals surface area contributed by atoms with Crippen molar-refractivity contribution in [1.82, 2.24) is 9.97 Å². The molecule has 106 valence electrons. The molecule has 0 aliphatic rings. The molecule has 4 N–H and O–H groups in total. The highest BCUT2D eigenvalue weighted by atomic mass is 19.1. The van der Waals surface area contributed by atoms with Gasteiger partial charge < -0.3 is 15.7 Å². The Kier molecular flexibility index (Phi) is 3.15. The lowest BCUT2D eigenvalue weighted by Gasteiger charge is -2.13. The summed E-state index contributed by atoms with van der Waals surface area (Å²) in [5.74, 6) is -0.360. The van der Waals surface area contributed by atoms with Crippen molar-refractivity contribution in [1.29, 1.82) is 0 Å². The summed E-state index contributed by atoms with van der Waals surface area (Å²) < 4.78 is 13.3. The van der Waals surface area contributed by atoms with E-state index in [1.54, 1.807) is 30.3 Å². The van der Waals surface area contributed by atoms with E-state index >= 15 is 0 Å². The van der Waals surface area contributed by atoms with Crippen LogP contribution in [0.25, 0.3) is 11.0 Å². The Morgan fingerprint density at radius 1 is 0.905 bits per heavy atom. The third kappa shape index (κ3) is 2.48. The minimum absolute atomic E-state index is 0.360. The number of nitrogens with one attached hydrogen (secondary N) is 2. The quantitative estimate of drug-likeness (QED) is 0.621. The van der Waals surface area contributed by atoms with Gasteiger partial charge in [0.1, 0.15) is 5.82 Å². The zero-order valence-corrected chi connectivity index (χ0v) is 10.9. The van der Waals surface area contributed by atoms with Crippen molar-refractivity contribution in [2.24, 2.45) is 5.73 Å². The van der Waals surface area contributed by atoms with Crippen LogP contribution in [0.15, 0.2) is 52.1 Å². The van der Waals surface area contributed by atoms with E-state index in [2.05, 4.69) is 9.97 Å². The fraction of sp³-hybridized carbons (Fsp3) is 0.0667. The first-order chi connectivity index (χ1) is 10.0. The zero-order chi connectivity index (χ0) is 15.0. The van der Waals surface area contributed by atoms with E-state index in [4.69, 9.17) is 5.73 Å². The second-order valence-electron chi connectivity index (χ2n) is 4.75. The zero-order valence-electron chi connectivity index (χ0n) is 10.9. The molecule has 0 aliphatic heterocycles. The molecule has 1 atom stereocenters. The molecule has 2 aromatic carbocycles. The van der Waals surface area contributed by atoms with Crippen LogP contribution in [0.2, 0.25) is 0 Å². The average molecular weight is 285 g/mol. The molecule has 1 unspecified atom stereocenters. The van der Waals surface area contributed by atoms with Crippen LogP contribution in [0.1, 0.15) is 17.2 Å². The first-order valence-electron chi connectivity index (χ1n) is 6.32. The maximum Gasteiger partial charge on any atom is 0.314 e. The summed E-state index contributed by atoms with van der Waals surface area (Å²) in [5, 5.41) is 0. The summed E-state index contributed by atoms with van der Waals surface area (Å²) in [6.07, 6.45) is 0. The minimum atomic E-state index is -0.723. The van der Waals surface area contributed by atoms with Crippen LogP contribution in [0.4, 0.5) is 4.39 Å². The molecule has 1 heterocycles. The maximum absolute atomic E-state index is 13.3. The van der Waals surface area contributed by atoms with E-state index in [-0.39, 0.29) is 5.82 Å². The van der Waals surface area contributed by atoms with Crippen LogP contribution >= 0.6 is 0 Å². The SMILES string of the molecule is NC(c1cccc(F)c1)c1ccc2[nH]c(=O)c(=O)[nH]c2c1. The van der Waals surface area contributed by atoms with E-state index in [0.29, 0.717) is 22.2 Å². The van der Waals surface area contributed by atoms with E-state index < -0.39 is 17.2 Å². The van der Waals surface area contributed by atoms with Crippen molar-refractivity contribution in [3.8, 4) is 0 Å². The predicted octanol–water partition coefficient (Wildman–Crippen LogP) is 1.40. The molecule has 0 aliphatic carbocycles. The number of aromatic nitrogens is 2. The lowest BCUT2D eigenvalue weighted by atomic mass is 9.99. The van der Waals surface area contributed by atoms with Crippen molar-refractivity contribution in [3.63, 3.8) is 0 Å². The molecule has 21 heavy (non-hydrogen) atoms. The Morgan fingerprint density at radius 3 is 2.29 bits per heavy atom. The van der Waals surface area contributed by atoms with Crippen molar-refractivity contribution in [2.45, 2.75) is 6.04 Å². The standard InChI is InChI=1S/C15H12FN3O2/c16-10-3-1-2-8(6-10)13(17)9-4-5-11-12(7-9)19-15(21)14(20)18-11/h1-7,13H,17H2,(H,18,20)(H,19,21). The summed E-state index contributed by atoms with van der Waals surface area (Å²) in [6, 6.07) is 10.6. The van der Waals surface area contributed by atoms with E-state index in [1.165, 1.54) is 12.1 Å². The summed E-state index contributed by atoms with van der Waals surface area (Å²) in [7, 11) is 0. The van der Waals surface area contributed by atoms with Gasteiger partial charge in [-0.3, -0.25) is 9.59 Å². The summed E-state index contributed by atoms with van der Waals surface area (Å²) in [5.41, 5.74) is 7.00. The minimum Gasteiger partial charge on any atom is -0.320 e. The summed E-state index contributed by atoms with van der Waals surface area (Å²) >= 11 is 0. The topological polar surface area (TPSA) is 91.7 Å². The van der Waals surface area contributed by atoms with E-state index in [1.807, 2.05) is 0 Å². The normalized spacial score (nSPS) is 12.5. The van der Waals surface area contributed by atoms with E-state index in [0.717, 1.165) is 0 Å². The van der Waals surface area contributed by atoms with Gasteiger partial charge in [-0.15, -0.1) is 0 Å². The van der Waals surface area contributed by atoms with Crippen LogP contribution in [-0.2, 0) is 0 Å². The Bertz CT molecular complexity index is 930. The van der Waals surface area contributed by atoms with Crippen molar-refractivity contribution < 1.29 is 4.39 Å². The lowest BCUT2D eigenvalue weighted by Crippen LogP contribution is -2.29. The Morgan fingerprint density at radius 2 is 1.57 bits per heavy atom. The van der Waals surface area contributed by atoms with Crippen LogP contribution < -0.4 is 16.9 Å². The third-order valence-electron chi connectivity index (χ3n) is 3.31. The first kappa shape index (κ1) is 13.3. The number of halogens is 1. The molecule has 6 heteroatoms. The molecular weight excluding hydrogens is 273 g/mol. The molecule has 3 rings (SSSR count). The molecule has 0 saturated heterocycles. The van der Waals surface area contributed by atoms with Gasteiger partial charge in [-0.25, -0.2) is 4.39 Å². The van der Waals surface area contributed by atoms with Gasteiger partial charge in [-0.1, -0.05) is 18.2 Å². The molecule has 1 aromatic heterocycles. The Labute approximate surface area is 118 Å². The first-order valence-corrected chi connectivity index (χ1v) is 6.32. The largest absolute Gasteiger partial charge is 0.320 e. The predicted molar refractivity (Wildman–Crippen MR) is 77.6 cm³/mol. The maximum atomic E-state index is 13.3. The van der Waals surface area contributed by atoms with Crippen molar-refractivity contribution in [3.05, 3.63) is 80.1 Å². The highest BCUT2D eigenvalue weighted by molar-refractivity contribution is 5.74. The highest BCUT2D eigenvalue weighted by Crippen LogP contribution is 2.22. The molecule has 0 saturated carbocycles. The lowest BCUT2D eigenvalue weighted by molar-refractivity contribution is 0.623. The molecule has 5 nitrogen and oxygen atoms in total. The van der Waals surface area contributed by atoms with Gasteiger partial charge >= 0.3 is 11.1 Å². The van der Waals surface area contributed by atoms with Gasteiger partial charge in [0.25, 0.3) is 0 Å². The monoisotopic (exact) mass is 285 g/mol. The molecule has 0 spiro atoms. The van der Waals surface area contributed by atoms with Crippen LogP contribution in [0.3, 0.4) is 0 Å². The van der Waals surface area contributed by atoms with Crippen LogP contribution in [0, 0.1) is 5.82 Å². The number of aromatic amines is 2. The van der Waals surface area contributed by atoms with Crippen molar-refractivity contribution in [2.75, 3.05) is 0 Å². The van der Waals surface area contributed by atoms with Gasteiger partial charge in [0.05, 0.1) is 17.1 Å². The number of rotatable bonds is 2. The van der Waals surface area contributed by atoms with Gasteiger partial charge in [0.15, 0.2) is 0 Å². The molecule has 3 aromatic rings. The fourth-order valence-electron chi connectivity index (χ4n) is 2.22. The molecule has 0 bridgehead atoms. The second kappa shape index (κ2) is 4.99. The van der Waals surface area contributed by atoms with Gasteiger partial charge in [0.2, 0.25) is 0 Å². The number of hydrogen-bond acceptors (Lipinski definition) is 3. The van der Waals surface area contributed by atoms with E-state index in [9.17, 15) is 14.0 Å². The van der Waals surface area contributed by atoms with Gasteiger partial charge in [0, 0.05) is 0 Å². The smallest absolute Gasteiger partial charge is 0.314 e. The highest BCUT2D eigenvalue weighted by Gasteiger charge is 2.11. The molecule has 0 fully saturated rings. The fourth-order valence-corrected chi connectivity index (χ4v) is 2.22. The van der Waals surface area contributed by atoms with Gasteiger partial charge in [-0.05, 0) is 35.4 Å². The summed E-state index contributed by atoms with van der Waals surface area (Å²) in [6.45, 7) is 0. The van der Waals surface area contributed by atoms with Gasteiger partial charge in [-0.2, -0.15) is 0 Å². The second-order valence-corrected chi connectivity index (χ2v) is 4.75. The molecule has 0 amide bonds. The third-order valence-corrected chi connectivity index (χ3v) is 3.31. The van der Waals surface area contributed by atoms with Crippen LogP contribution in [0.5, 0.6) is 0 Å². The Hall–Kier alpha value is -2.73. The number of H-pyrrole nitrogens is 2. The summed E-state index contributed by atoms with van der Waals surface area (Å²) in [4.78, 5) is 27.6. The Balaban J connectivity index is 2.10. The number of fused-ring (bicyclic) bond motifs is 1. The molecule has 0 radical (unpaired) electrons. The average Bonchev–Trinajstić information content (AvgIpc) is 2.47. The molecular formula is C15H12FN3O2.